The summed E-state index contributed by atoms with van der Waals surface area (Å²) in [6.45, 7) is 3.04. The zero-order valence-electron chi connectivity index (χ0n) is 16.8. The molecule has 0 aliphatic rings. The molecule has 0 bridgehead atoms. The summed E-state index contributed by atoms with van der Waals surface area (Å²) >= 11 is 0. The minimum atomic E-state index is -0.446. The summed E-state index contributed by atoms with van der Waals surface area (Å²) in [5.41, 5.74) is 1.96. The molecule has 10 heteroatoms. The average Bonchev–Trinajstić information content (AvgIpc) is 3.47. The molecule has 0 atom stereocenters. The van der Waals surface area contributed by atoms with Gasteiger partial charge in [0.2, 0.25) is 5.82 Å². The normalized spacial score (nSPS) is 10.9. The SMILES string of the molecule is CCCCn1nnc(-c2ccc(OCc3cc(-c4cccc([N+](=O)[O-])c4)no3)cc2)n1. The number of aryl methyl sites for hydroxylation is 1. The fraction of sp³-hybridized carbons (Fsp3) is 0.238. The van der Waals surface area contributed by atoms with Gasteiger partial charge >= 0.3 is 0 Å². The van der Waals surface area contributed by atoms with Crippen LogP contribution in [0.4, 0.5) is 5.69 Å². The quantitative estimate of drug-likeness (QED) is 0.290. The van der Waals surface area contributed by atoms with Gasteiger partial charge in [-0.15, -0.1) is 10.2 Å². The maximum Gasteiger partial charge on any atom is 0.270 e. The van der Waals surface area contributed by atoms with Crippen LogP contribution in [-0.4, -0.2) is 30.3 Å². The van der Waals surface area contributed by atoms with Crippen LogP contribution in [0.25, 0.3) is 22.6 Å². The topological polar surface area (TPSA) is 122 Å². The van der Waals surface area contributed by atoms with Crippen LogP contribution >= 0.6 is 0 Å². The second-order valence-electron chi connectivity index (χ2n) is 6.86. The Morgan fingerprint density at radius 3 is 2.74 bits per heavy atom. The molecule has 4 rings (SSSR count). The monoisotopic (exact) mass is 420 g/mol. The van der Waals surface area contributed by atoms with Gasteiger partial charge in [-0.05, 0) is 35.9 Å². The Kier molecular flexibility index (Phi) is 5.97. The molecule has 10 nitrogen and oxygen atoms in total. The Morgan fingerprint density at radius 2 is 1.97 bits per heavy atom. The van der Waals surface area contributed by atoms with Crippen molar-refractivity contribution in [2.75, 3.05) is 0 Å². The fourth-order valence-electron chi connectivity index (χ4n) is 2.90. The van der Waals surface area contributed by atoms with E-state index in [9.17, 15) is 10.1 Å². The molecule has 0 N–H and O–H groups in total. The lowest BCUT2D eigenvalue weighted by Gasteiger charge is -2.03. The van der Waals surface area contributed by atoms with Crippen LogP contribution in [0.3, 0.4) is 0 Å². The highest BCUT2D eigenvalue weighted by Crippen LogP contribution is 2.24. The van der Waals surface area contributed by atoms with E-state index in [0.717, 1.165) is 24.9 Å². The van der Waals surface area contributed by atoms with Crippen LogP contribution in [0.2, 0.25) is 0 Å². The second-order valence-corrected chi connectivity index (χ2v) is 6.86. The van der Waals surface area contributed by atoms with E-state index in [2.05, 4.69) is 27.5 Å². The molecule has 2 heterocycles. The smallest absolute Gasteiger partial charge is 0.270 e. The summed E-state index contributed by atoms with van der Waals surface area (Å²) in [5, 5.41) is 27.4. The molecule has 2 aromatic heterocycles. The van der Waals surface area contributed by atoms with Crippen molar-refractivity contribution in [1.29, 1.82) is 0 Å². The predicted molar refractivity (Wildman–Crippen MR) is 111 cm³/mol. The molecule has 0 aliphatic carbocycles. The Morgan fingerprint density at radius 1 is 1.13 bits per heavy atom. The summed E-state index contributed by atoms with van der Waals surface area (Å²) in [6.07, 6.45) is 2.08. The highest BCUT2D eigenvalue weighted by molar-refractivity contribution is 5.62. The maximum absolute atomic E-state index is 10.9. The van der Waals surface area contributed by atoms with Crippen molar-refractivity contribution in [2.24, 2.45) is 0 Å². The Bertz CT molecular complexity index is 1170. The first-order chi connectivity index (χ1) is 15.1. The van der Waals surface area contributed by atoms with Gasteiger partial charge in [0.15, 0.2) is 5.76 Å². The first-order valence-electron chi connectivity index (χ1n) is 9.84. The largest absolute Gasteiger partial charge is 0.486 e. The van der Waals surface area contributed by atoms with Crippen molar-refractivity contribution in [2.45, 2.75) is 32.9 Å². The van der Waals surface area contributed by atoms with Crippen molar-refractivity contribution in [3.8, 4) is 28.4 Å². The van der Waals surface area contributed by atoms with Gasteiger partial charge in [-0.1, -0.05) is 30.6 Å². The van der Waals surface area contributed by atoms with Crippen molar-refractivity contribution in [3.05, 3.63) is 70.5 Å². The molecule has 4 aromatic rings. The maximum atomic E-state index is 10.9. The summed E-state index contributed by atoms with van der Waals surface area (Å²) in [7, 11) is 0. The van der Waals surface area contributed by atoms with E-state index in [1.807, 2.05) is 24.3 Å². The van der Waals surface area contributed by atoms with E-state index >= 15 is 0 Å². The molecule has 2 aromatic carbocycles. The third-order valence-electron chi connectivity index (χ3n) is 4.57. The molecule has 0 aliphatic heterocycles. The van der Waals surface area contributed by atoms with Crippen molar-refractivity contribution in [3.63, 3.8) is 0 Å². The number of nitro benzene ring substituents is 1. The molecular formula is C21H20N6O4. The Labute approximate surface area is 177 Å². The van der Waals surface area contributed by atoms with Crippen LogP contribution in [0.5, 0.6) is 5.75 Å². The third kappa shape index (κ3) is 4.92. The summed E-state index contributed by atoms with van der Waals surface area (Å²) in [5.74, 6) is 1.72. The van der Waals surface area contributed by atoms with Gasteiger partial charge in [0.05, 0.1) is 11.5 Å². The number of nitrogens with zero attached hydrogens (tertiary/aromatic N) is 6. The van der Waals surface area contributed by atoms with Crippen LogP contribution < -0.4 is 4.74 Å². The first-order valence-corrected chi connectivity index (χ1v) is 9.84. The van der Waals surface area contributed by atoms with Crippen molar-refractivity contribution >= 4 is 5.69 Å². The molecule has 31 heavy (non-hydrogen) atoms. The lowest BCUT2D eigenvalue weighted by molar-refractivity contribution is -0.384. The standard InChI is InChI=1S/C21H20N6O4/c1-2-3-11-26-23-21(22-25-26)15-7-9-18(10-8-15)30-14-19-13-20(24-31-19)16-5-4-6-17(12-16)27(28)29/h4-10,12-13H,2-3,11,14H2,1H3. The van der Waals surface area contributed by atoms with E-state index in [4.69, 9.17) is 9.26 Å². The minimum absolute atomic E-state index is 0.00160. The zero-order chi connectivity index (χ0) is 21.6. The van der Waals surface area contributed by atoms with E-state index in [1.54, 1.807) is 23.0 Å². The third-order valence-corrected chi connectivity index (χ3v) is 4.57. The van der Waals surface area contributed by atoms with Crippen LogP contribution in [-0.2, 0) is 13.2 Å². The molecule has 0 unspecified atom stereocenters. The molecule has 158 valence electrons. The van der Waals surface area contributed by atoms with Crippen LogP contribution in [0, 0.1) is 10.1 Å². The summed E-state index contributed by atoms with van der Waals surface area (Å²) in [6, 6.07) is 15.3. The number of hydrogen-bond acceptors (Lipinski definition) is 8. The van der Waals surface area contributed by atoms with Gasteiger partial charge in [0.1, 0.15) is 18.1 Å². The highest BCUT2D eigenvalue weighted by Gasteiger charge is 2.12. The first kappa shape index (κ1) is 20.2. The van der Waals surface area contributed by atoms with Gasteiger partial charge in [0, 0.05) is 29.3 Å². The van der Waals surface area contributed by atoms with Gasteiger partial charge in [-0.25, -0.2) is 0 Å². The van der Waals surface area contributed by atoms with E-state index in [0.29, 0.717) is 28.6 Å². The molecule has 0 saturated carbocycles. The molecule has 0 radical (unpaired) electrons. The van der Waals surface area contributed by atoms with E-state index in [-0.39, 0.29) is 12.3 Å². The minimum Gasteiger partial charge on any atom is -0.486 e. The number of non-ortho nitro benzene ring substituents is 1. The van der Waals surface area contributed by atoms with Crippen molar-refractivity contribution < 1.29 is 14.2 Å². The second kappa shape index (κ2) is 9.16. The van der Waals surface area contributed by atoms with Gasteiger partial charge in [-0.2, -0.15) is 4.80 Å². The van der Waals surface area contributed by atoms with Gasteiger partial charge in [0.25, 0.3) is 5.69 Å². The van der Waals surface area contributed by atoms with Crippen LogP contribution in [0.1, 0.15) is 25.5 Å². The Hall–Kier alpha value is -4.08. The number of ether oxygens (including phenoxy) is 1. The van der Waals surface area contributed by atoms with Crippen LogP contribution in [0.15, 0.2) is 59.1 Å². The number of aromatic nitrogens is 5. The number of tetrazole rings is 1. The summed E-state index contributed by atoms with van der Waals surface area (Å²) in [4.78, 5) is 12.1. The van der Waals surface area contributed by atoms with E-state index in [1.165, 1.54) is 12.1 Å². The lowest BCUT2D eigenvalue weighted by Crippen LogP contribution is -2.01. The van der Waals surface area contributed by atoms with E-state index < -0.39 is 4.92 Å². The van der Waals surface area contributed by atoms with Gasteiger partial charge < -0.3 is 9.26 Å². The predicted octanol–water partition coefficient (Wildman–Crippen LogP) is 4.28. The van der Waals surface area contributed by atoms with Crippen molar-refractivity contribution in [1.82, 2.24) is 25.4 Å². The fourth-order valence-corrected chi connectivity index (χ4v) is 2.90. The number of hydrogen-bond donors (Lipinski definition) is 0. The molecular weight excluding hydrogens is 400 g/mol. The molecule has 0 saturated heterocycles. The van der Waals surface area contributed by atoms with Gasteiger partial charge in [-0.3, -0.25) is 10.1 Å². The number of nitro groups is 1. The number of benzene rings is 2. The molecule has 0 spiro atoms. The summed E-state index contributed by atoms with van der Waals surface area (Å²) < 4.78 is 11.0. The lowest BCUT2D eigenvalue weighted by atomic mass is 10.1. The Balaban J connectivity index is 1.37. The molecule has 0 fully saturated rings. The number of unbranched alkanes of at least 4 members (excludes halogenated alkanes) is 1. The molecule has 0 amide bonds. The highest BCUT2D eigenvalue weighted by atomic mass is 16.6. The average molecular weight is 420 g/mol. The zero-order valence-corrected chi connectivity index (χ0v) is 16.8. The number of rotatable bonds is 9.